The SMILES string of the molecule is COC(=O)/C=C/C(=O)O.COC(=O)/C=C/C(=O)OCCOCCOCCOCCOC(=O)/C=C/C(=O)OC.OCCOCCOCCOCCO. The first kappa shape index (κ1) is 51.1. The minimum absolute atomic E-state index is 0.0413. The molecule has 0 spiro atoms. The molecular weight excluding hydrogens is 692 g/mol. The summed E-state index contributed by atoms with van der Waals surface area (Å²) < 4.78 is 53.0. The number of carbonyl (C=O) groups excluding carboxylic acids is 5. The van der Waals surface area contributed by atoms with E-state index in [1.54, 1.807) is 0 Å². The van der Waals surface area contributed by atoms with Gasteiger partial charge in [0.05, 0.1) is 114 Å². The Labute approximate surface area is 295 Å². The summed E-state index contributed by atoms with van der Waals surface area (Å²) in [5.74, 6) is -4.46. The smallest absolute Gasteiger partial charge is 0.331 e. The van der Waals surface area contributed by atoms with Crippen LogP contribution in [0.15, 0.2) is 36.5 Å². The molecule has 0 fully saturated rings. The van der Waals surface area contributed by atoms with Crippen LogP contribution in [0.4, 0.5) is 0 Å². The monoisotopic (exact) mass is 742 g/mol. The number of hydrogen-bond donors (Lipinski definition) is 3. The first-order chi connectivity index (χ1) is 24.6. The van der Waals surface area contributed by atoms with E-state index in [0.29, 0.717) is 72.1 Å². The molecule has 0 aromatic carbocycles. The van der Waals surface area contributed by atoms with Crippen molar-refractivity contribution in [2.24, 2.45) is 0 Å². The van der Waals surface area contributed by atoms with Crippen molar-refractivity contribution in [3.05, 3.63) is 36.5 Å². The highest BCUT2D eigenvalue weighted by Crippen LogP contribution is 1.88. The van der Waals surface area contributed by atoms with Crippen LogP contribution in [0, 0.1) is 0 Å². The predicted octanol–water partition coefficient (Wildman–Crippen LogP) is -1.60. The first-order valence-electron chi connectivity index (χ1n) is 15.1. The van der Waals surface area contributed by atoms with Gasteiger partial charge >= 0.3 is 35.8 Å². The van der Waals surface area contributed by atoms with E-state index in [1.165, 1.54) is 21.3 Å². The Balaban J connectivity index is -0.000000854. The van der Waals surface area contributed by atoms with Gasteiger partial charge in [0.25, 0.3) is 0 Å². The number of carboxylic acids is 1. The van der Waals surface area contributed by atoms with Crippen molar-refractivity contribution in [3.8, 4) is 0 Å². The van der Waals surface area contributed by atoms with Crippen molar-refractivity contribution >= 4 is 35.8 Å². The zero-order valence-corrected chi connectivity index (χ0v) is 29.1. The van der Waals surface area contributed by atoms with E-state index in [9.17, 15) is 28.8 Å². The van der Waals surface area contributed by atoms with E-state index in [4.69, 9.17) is 53.2 Å². The maximum Gasteiger partial charge on any atom is 0.331 e. The van der Waals surface area contributed by atoms with E-state index in [-0.39, 0.29) is 39.6 Å². The van der Waals surface area contributed by atoms with Crippen molar-refractivity contribution in [2.75, 3.05) is 127 Å². The molecule has 20 nitrogen and oxygen atoms in total. The second-order valence-electron chi connectivity index (χ2n) is 8.36. The lowest BCUT2D eigenvalue weighted by Gasteiger charge is -2.07. The summed E-state index contributed by atoms with van der Waals surface area (Å²) in [4.78, 5) is 63.8. The van der Waals surface area contributed by atoms with Crippen LogP contribution in [-0.4, -0.2) is 178 Å². The van der Waals surface area contributed by atoms with Crippen molar-refractivity contribution in [2.45, 2.75) is 0 Å². The molecule has 0 unspecified atom stereocenters. The second kappa shape index (κ2) is 41.9. The summed E-state index contributed by atoms with van der Waals surface area (Å²) in [5, 5.41) is 24.7. The highest BCUT2D eigenvalue weighted by atomic mass is 16.6. The van der Waals surface area contributed by atoms with Gasteiger partial charge in [-0.2, -0.15) is 0 Å². The summed E-state index contributed by atoms with van der Waals surface area (Å²) in [5.41, 5.74) is 0. The van der Waals surface area contributed by atoms with Crippen molar-refractivity contribution in [3.63, 3.8) is 0 Å². The van der Waals surface area contributed by atoms with E-state index >= 15 is 0 Å². The van der Waals surface area contributed by atoms with Crippen LogP contribution in [0.5, 0.6) is 0 Å². The Morgan fingerprint density at radius 2 is 0.608 bits per heavy atom. The van der Waals surface area contributed by atoms with Gasteiger partial charge in [-0.15, -0.1) is 0 Å². The normalized spacial score (nSPS) is 10.5. The molecular formula is C31H50O20. The summed E-state index contributed by atoms with van der Waals surface area (Å²) in [6, 6.07) is 0. The van der Waals surface area contributed by atoms with Crippen molar-refractivity contribution in [1.82, 2.24) is 0 Å². The van der Waals surface area contributed by atoms with Gasteiger partial charge in [-0.3, -0.25) is 0 Å². The summed E-state index contributed by atoms with van der Waals surface area (Å²) in [7, 11) is 3.58. The van der Waals surface area contributed by atoms with Crippen LogP contribution < -0.4 is 0 Å². The Kier molecular flexibility index (Phi) is 42.0. The Bertz CT molecular complexity index is 936. The first-order valence-corrected chi connectivity index (χ1v) is 15.1. The molecule has 294 valence electrons. The van der Waals surface area contributed by atoms with Crippen LogP contribution in [0.3, 0.4) is 0 Å². The van der Waals surface area contributed by atoms with Crippen LogP contribution in [0.1, 0.15) is 0 Å². The van der Waals surface area contributed by atoms with Crippen LogP contribution in [0.25, 0.3) is 0 Å². The lowest BCUT2D eigenvalue weighted by atomic mass is 10.5. The molecule has 0 heterocycles. The van der Waals surface area contributed by atoms with E-state index in [2.05, 4.69) is 14.2 Å². The maximum atomic E-state index is 11.2. The molecule has 0 atom stereocenters. The van der Waals surface area contributed by atoms with Gasteiger partial charge < -0.3 is 67.4 Å². The van der Waals surface area contributed by atoms with Gasteiger partial charge in [0.2, 0.25) is 0 Å². The fraction of sp³-hybridized carbons (Fsp3) is 0.613. The van der Waals surface area contributed by atoms with Gasteiger partial charge in [-0.1, -0.05) is 0 Å². The van der Waals surface area contributed by atoms with Gasteiger partial charge in [0.1, 0.15) is 13.2 Å². The quantitative estimate of drug-likeness (QED) is 0.0353. The maximum absolute atomic E-state index is 11.2. The Morgan fingerprint density at radius 1 is 0.373 bits per heavy atom. The van der Waals surface area contributed by atoms with E-state index in [1.807, 2.05) is 0 Å². The van der Waals surface area contributed by atoms with Gasteiger partial charge in [-0.05, 0) is 0 Å². The number of carbonyl (C=O) groups is 6. The van der Waals surface area contributed by atoms with Crippen LogP contribution in [-0.2, 0) is 80.9 Å². The molecule has 51 heavy (non-hydrogen) atoms. The third-order valence-corrected chi connectivity index (χ3v) is 4.58. The number of aliphatic hydroxyl groups excluding tert-OH is 2. The highest BCUT2D eigenvalue weighted by Gasteiger charge is 2.01. The zero-order chi connectivity index (χ0) is 38.8. The number of ether oxygens (including phenoxy) is 11. The number of methoxy groups -OCH3 is 3. The Hall–Kier alpha value is -4.28. The minimum atomic E-state index is -1.17. The van der Waals surface area contributed by atoms with Crippen molar-refractivity contribution in [1.29, 1.82) is 0 Å². The van der Waals surface area contributed by atoms with Crippen LogP contribution in [0.2, 0.25) is 0 Å². The fourth-order valence-electron chi connectivity index (χ4n) is 2.33. The lowest BCUT2D eigenvalue weighted by molar-refractivity contribution is -0.140. The predicted molar refractivity (Wildman–Crippen MR) is 172 cm³/mol. The molecule has 0 aromatic rings. The highest BCUT2D eigenvalue weighted by molar-refractivity contribution is 5.92. The molecule has 0 radical (unpaired) electrons. The van der Waals surface area contributed by atoms with Crippen LogP contribution >= 0.6 is 0 Å². The number of hydrogen-bond acceptors (Lipinski definition) is 19. The molecule has 3 N–H and O–H groups in total. The summed E-state index contributed by atoms with van der Waals surface area (Å²) in [6.07, 6.45) is 5.41. The summed E-state index contributed by atoms with van der Waals surface area (Å²) in [6.45, 7) is 4.49. The standard InChI is InChI=1S/C18H26O11.C8H18O5.C5H6O4/c1-23-15(19)3-5-17(21)28-13-11-26-9-7-25-8-10-27-12-14-29-18(22)6-4-16(20)24-2;9-1-3-11-5-7-13-8-6-12-4-2-10;1-9-5(8)3-2-4(6)7/h3-6H,7-14H2,1-2H3;9-10H,1-8H2;2-3H,1H3,(H,6,7)/b5-3+,6-4+;;3-2+. The molecule has 0 aliphatic heterocycles. The fourth-order valence-corrected chi connectivity index (χ4v) is 2.33. The average molecular weight is 743 g/mol. The van der Waals surface area contributed by atoms with Gasteiger partial charge in [0.15, 0.2) is 0 Å². The molecule has 0 aliphatic carbocycles. The largest absolute Gasteiger partial charge is 0.478 e. The Morgan fingerprint density at radius 3 is 0.863 bits per heavy atom. The molecule has 0 rings (SSSR count). The number of esters is 5. The second-order valence-corrected chi connectivity index (χ2v) is 8.36. The number of aliphatic carboxylic acids is 1. The molecule has 0 saturated carbocycles. The molecule has 0 amide bonds. The number of carboxylic acid groups (broad SMARTS) is 1. The van der Waals surface area contributed by atoms with Gasteiger partial charge in [-0.25, -0.2) is 28.8 Å². The van der Waals surface area contributed by atoms with Gasteiger partial charge in [0, 0.05) is 36.5 Å². The zero-order valence-electron chi connectivity index (χ0n) is 29.1. The third-order valence-electron chi connectivity index (χ3n) is 4.58. The number of aliphatic hydroxyl groups is 2. The van der Waals surface area contributed by atoms with Crippen molar-refractivity contribution < 1.29 is 96.2 Å². The molecule has 0 saturated heterocycles. The molecule has 0 bridgehead atoms. The lowest BCUT2D eigenvalue weighted by Crippen LogP contribution is -2.14. The third kappa shape index (κ3) is 47.9. The molecule has 20 heteroatoms. The topological polar surface area (TPSA) is 265 Å². The minimum Gasteiger partial charge on any atom is -0.478 e. The van der Waals surface area contributed by atoms with E-state index < -0.39 is 35.8 Å². The summed E-state index contributed by atoms with van der Waals surface area (Å²) >= 11 is 0. The molecule has 0 aliphatic rings. The average Bonchev–Trinajstić information content (AvgIpc) is 3.13. The molecule has 0 aromatic heterocycles. The van der Waals surface area contributed by atoms with E-state index in [0.717, 1.165) is 30.4 Å². The number of rotatable bonds is 28.